The second-order valence-corrected chi connectivity index (χ2v) is 2.18. The van der Waals surface area contributed by atoms with Crippen LogP contribution >= 0.6 is 0 Å². The summed E-state index contributed by atoms with van der Waals surface area (Å²) in [7, 11) is 0. The first-order valence-electron chi connectivity index (χ1n) is 2.96. The lowest BCUT2D eigenvalue weighted by molar-refractivity contribution is 0.636. The number of halogens is 1. The molecule has 4 heteroatoms. The standard InChI is InChI=1S/C6H6FN3/c1-3-9-5-4(7)2-8-6(5)10-3/h2,8H,1H3,(H,9,10). The van der Waals surface area contributed by atoms with Crippen LogP contribution in [0.4, 0.5) is 4.39 Å². The fraction of sp³-hybridized carbons (Fsp3) is 0.167. The Bertz CT molecular complexity index is 360. The molecule has 0 fully saturated rings. The van der Waals surface area contributed by atoms with Crippen LogP contribution in [0.3, 0.4) is 0 Å². The van der Waals surface area contributed by atoms with Crippen molar-refractivity contribution in [3.63, 3.8) is 0 Å². The highest BCUT2D eigenvalue weighted by molar-refractivity contribution is 5.71. The fourth-order valence-corrected chi connectivity index (χ4v) is 0.973. The van der Waals surface area contributed by atoms with E-state index in [1.807, 2.05) is 0 Å². The summed E-state index contributed by atoms with van der Waals surface area (Å²) in [6.45, 7) is 1.78. The molecule has 0 spiro atoms. The first kappa shape index (κ1) is 5.46. The molecule has 0 unspecified atom stereocenters. The Morgan fingerprint density at radius 1 is 1.60 bits per heavy atom. The summed E-state index contributed by atoms with van der Waals surface area (Å²) in [5, 5.41) is 0. The summed E-state index contributed by atoms with van der Waals surface area (Å²) in [6.07, 6.45) is 1.29. The van der Waals surface area contributed by atoms with Gasteiger partial charge in [0.2, 0.25) is 0 Å². The number of aromatic nitrogens is 3. The van der Waals surface area contributed by atoms with Crippen molar-refractivity contribution in [1.29, 1.82) is 0 Å². The van der Waals surface area contributed by atoms with Crippen molar-refractivity contribution in [2.45, 2.75) is 6.92 Å². The Labute approximate surface area is 56.3 Å². The van der Waals surface area contributed by atoms with Crippen molar-refractivity contribution in [3.8, 4) is 0 Å². The Hall–Kier alpha value is -1.32. The quantitative estimate of drug-likeness (QED) is 0.568. The summed E-state index contributed by atoms with van der Waals surface area (Å²) in [5.41, 5.74) is 1.03. The van der Waals surface area contributed by atoms with E-state index in [4.69, 9.17) is 0 Å². The van der Waals surface area contributed by atoms with E-state index >= 15 is 0 Å². The number of aryl methyl sites for hydroxylation is 1. The van der Waals surface area contributed by atoms with Gasteiger partial charge in [0, 0.05) is 6.20 Å². The molecule has 0 radical (unpaired) electrons. The van der Waals surface area contributed by atoms with Gasteiger partial charge >= 0.3 is 0 Å². The summed E-state index contributed by atoms with van der Waals surface area (Å²) < 4.78 is 12.7. The van der Waals surface area contributed by atoms with E-state index in [1.165, 1.54) is 6.20 Å². The van der Waals surface area contributed by atoms with Crippen LogP contribution in [0.15, 0.2) is 6.20 Å². The minimum absolute atomic E-state index is 0.282. The van der Waals surface area contributed by atoms with Crippen molar-refractivity contribution in [3.05, 3.63) is 17.8 Å². The number of fused-ring (bicyclic) bond motifs is 1. The molecule has 0 amide bonds. The molecule has 2 heterocycles. The maximum atomic E-state index is 12.7. The maximum absolute atomic E-state index is 12.7. The van der Waals surface area contributed by atoms with Crippen LogP contribution in [0, 0.1) is 12.7 Å². The molecule has 0 aliphatic rings. The minimum Gasteiger partial charge on any atom is -0.342 e. The van der Waals surface area contributed by atoms with E-state index in [0.717, 1.165) is 5.82 Å². The molecule has 3 nitrogen and oxygen atoms in total. The normalized spacial score (nSPS) is 11.0. The molecule has 0 aromatic carbocycles. The number of hydrogen-bond donors (Lipinski definition) is 2. The zero-order valence-electron chi connectivity index (χ0n) is 5.40. The van der Waals surface area contributed by atoms with Crippen molar-refractivity contribution in [1.82, 2.24) is 15.0 Å². The molecule has 0 saturated carbocycles. The Balaban J connectivity index is 2.90. The fourth-order valence-electron chi connectivity index (χ4n) is 0.973. The van der Waals surface area contributed by atoms with Crippen LogP contribution < -0.4 is 0 Å². The first-order chi connectivity index (χ1) is 4.77. The zero-order valence-corrected chi connectivity index (χ0v) is 5.40. The predicted molar refractivity (Wildman–Crippen MR) is 35.1 cm³/mol. The van der Waals surface area contributed by atoms with Gasteiger partial charge in [0.05, 0.1) is 0 Å². The lowest BCUT2D eigenvalue weighted by Gasteiger charge is -1.76. The number of nitrogens with one attached hydrogen (secondary N) is 2. The van der Waals surface area contributed by atoms with Gasteiger partial charge in [-0.1, -0.05) is 0 Å². The monoisotopic (exact) mass is 139 g/mol. The van der Waals surface area contributed by atoms with Crippen molar-refractivity contribution in [2.24, 2.45) is 0 Å². The lowest BCUT2D eigenvalue weighted by Crippen LogP contribution is -1.72. The van der Waals surface area contributed by atoms with Crippen LogP contribution in [0.2, 0.25) is 0 Å². The van der Waals surface area contributed by atoms with Crippen molar-refractivity contribution < 1.29 is 4.39 Å². The largest absolute Gasteiger partial charge is 0.342 e. The Morgan fingerprint density at radius 3 is 3.10 bits per heavy atom. The summed E-state index contributed by atoms with van der Waals surface area (Å²) >= 11 is 0. The van der Waals surface area contributed by atoms with Gasteiger partial charge in [-0.05, 0) is 6.92 Å². The van der Waals surface area contributed by atoms with Gasteiger partial charge in [-0.25, -0.2) is 9.37 Å². The summed E-state index contributed by atoms with van der Waals surface area (Å²) in [4.78, 5) is 9.46. The molecule has 0 bridgehead atoms. The van der Waals surface area contributed by atoms with Gasteiger partial charge < -0.3 is 9.97 Å². The highest BCUT2D eigenvalue weighted by atomic mass is 19.1. The third-order valence-electron chi connectivity index (χ3n) is 1.40. The second-order valence-electron chi connectivity index (χ2n) is 2.18. The molecule has 0 saturated heterocycles. The zero-order chi connectivity index (χ0) is 7.14. The Kier molecular flexibility index (Phi) is 0.869. The van der Waals surface area contributed by atoms with Gasteiger partial charge in [0.25, 0.3) is 0 Å². The smallest absolute Gasteiger partial charge is 0.166 e. The van der Waals surface area contributed by atoms with Crippen LogP contribution in [-0.2, 0) is 0 Å². The van der Waals surface area contributed by atoms with E-state index in [1.54, 1.807) is 6.92 Å². The SMILES string of the molecule is Cc1nc2[nH]cc(F)c2[nH]1. The molecule has 2 aromatic heterocycles. The van der Waals surface area contributed by atoms with E-state index < -0.39 is 0 Å². The molecular formula is C6H6FN3. The van der Waals surface area contributed by atoms with Crippen LogP contribution in [0.25, 0.3) is 11.2 Å². The maximum Gasteiger partial charge on any atom is 0.166 e. The molecule has 10 heavy (non-hydrogen) atoms. The van der Waals surface area contributed by atoms with Crippen LogP contribution in [0.1, 0.15) is 5.82 Å². The van der Waals surface area contributed by atoms with Crippen LogP contribution in [-0.4, -0.2) is 15.0 Å². The number of rotatable bonds is 0. The van der Waals surface area contributed by atoms with E-state index in [-0.39, 0.29) is 5.82 Å². The molecule has 0 aliphatic carbocycles. The predicted octanol–water partition coefficient (Wildman–Crippen LogP) is 1.34. The average molecular weight is 139 g/mol. The Morgan fingerprint density at radius 2 is 2.40 bits per heavy atom. The highest BCUT2D eigenvalue weighted by Crippen LogP contribution is 2.12. The van der Waals surface area contributed by atoms with Crippen molar-refractivity contribution in [2.75, 3.05) is 0 Å². The third-order valence-corrected chi connectivity index (χ3v) is 1.40. The summed E-state index contributed by atoms with van der Waals surface area (Å²) in [6, 6.07) is 0. The number of imidazole rings is 1. The van der Waals surface area contributed by atoms with Gasteiger partial charge in [-0.3, -0.25) is 0 Å². The number of H-pyrrole nitrogens is 2. The number of hydrogen-bond acceptors (Lipinski definition) is 1. The molecule has 0 aliphatic heterocycles. The molecule has 2 rings (SSSR count). The minimum atomic E-state index is -0.282. The first-order valence-corrected chi connectivity index (χ1v) is 2.96. The molecule has 52 valence electrons. The van der Waals surface area contributed by atoms with Gasteiger partial charge in [-0.15, -0.1) is 0 Å². The van der Waals surface area contributed by atoms with E-state index in [9.17, 15) is 4.39 Å². The van der Waals surface area contributed by atoms with Gasteiger partial charge in [-0.2, -0.15) is 0 Å². The molecule has 2 aromatic rings. The van der Waals surface area contributed by atoms with Crippen LogP contribution in [0.5, 0.6) is 0 Å². The van der Waals surface area contributed by atoms with E-state index in [2.05, 4.69) is 15.0 Å². The van der Waals surface area contributed by atoms with Crippen molar-refractivity contribution >= 4 is 11.2 Å². The topological polar surface area (TPSA) is 44.5 Å². The number of nitrogens with zero attached hydrogens (tertiary/aromatic N) is 1. The molecule has 2 N–H and O–H groups in total. The molecule has 0 atom stereocenters. The molecular weight excluding hydrogens is 133 g/mol. The average Bonchev–Trinajstić information content (AvgIpc) is 2.35. The summed E-state index contributed by atoms with van der Waals surface area (Å²) in [5.74, 6) is 0.441. The van der Waals surface area contributed by atoms with Gasteiger partial charge in [0.15, 0.2) is 11.5 Å². The van der Waals surface area contributed by atoms with E-state index in [0.29, 0.717) is 11.2 Å². The lowest BCUT2D eigenvalue weighted by atomic mass is 10.5. The number of aromatic amines is 2. The highest BCUT2D eigenvalue weighted by Gasteiger charge is 2.04. The van der Waals surface area contributed by atoms with Gasteiger partial charge in [0.1, 0.15) is 11.3 Å². The second kappa shape index (κ2) is 1.59. The third kappa shape index (κ3) is 0.556.